The SMILES string of the molecule is CC(C)C(NC(=O)NCC1(C(=O)O)CCC1)c1cccs1. The molecule has 1 aliphatic carbocycles. The fraction of sp³-hybridized carbons (Fsp3) is 0.600. The predicted octanol–water partition coefficient (Wildman–Crippen LogP) is 3.00. The molecule has 1 aromatic rings. The number of thiophene rings is 1. The molecule has 5 nitrogen and oxygen atoms in total. The number of hydrogen-bond donors (Lipinski definition) is 3. The second-order valence-corrected chi connectivity index (χ2v) is 6.98. The van der Waals surface area contributed by atoms with E-state index in [-0.39, 0.29) is 24.5 Å². The normalized spacial score (nSPS) is 17.9. The number of nitrogens with one attached hydrogen (secondary N) is 2. The van der Waals surface area contributed by atoms with Crippen molar-refractivity contribution in [1.29, 1.82) is 0 Å². The lowest BCUT2D eigenvalue weighted by molar-refractivity contribution is -0.153. The maximum absolute atomic E-state index is 12.1. The monoisotopic (exact) mass is 310 g/mol. The van der Waals surface area contributed by atoms with Crippen LogP contribution in [-0.2, 0) is 4.79 Å². The quantitative estimate of drug-likeness (QED) is 0.756. The van der Waals surface area contributed by atoms with Gasteiger partial charge in [0.25, 0.3) is 0 Å². The van der Waals surface area contributed by atoms with E-state index in [1.165, 1.54) is 0 Å². The second-order valence-electron chi connectivity index (χ2n) is 6.00. The number of amides is 2. The lowest BCUT2D eigenvalue weighted by Gasteiger charge is -2.37. The lowest BCUT2D eigenvalue weighted by atomic mass is 9.69. The molecule has 2 rings (SSSR count). The number of urea groups is 1. The van der Waals surface area contributed by atoms with E-state index in [9.17, 15) is 14.7 Å². The Morgan fingerprint density at radius 3 is 2.57 bits per heavy atom. The summed E-state index contributed by atoms with van der Waals surface area (Å²) >= 11 is 1.61. The Morgan fingerprint density at radius 2 is 2.14 bits per heavy atom. The molecule has 1 atom stereocenters. The van der Waals surface area contributed by atoms with Crippen LogP contribution in [0.1, 0.15) is 44.0 Å². The van der Waals surface area contributed by atoms with Crippen LogP contribution in [0.2, 0.25) is 0 Å². The van der Waals surface area contributed by atoms with Gasteiger partial charge in [0.05, 0.1) is 11.5 Å². The van der Waals surface area contributed by atoms with Gasteiger partial charge in [0.2, 0.25) is 0 Å². The van der Waals surface area contributed by atoms with Crippen LogP contribution in [0.4, 0.5) is 4.79 Å². The van der Waals surface area contributed by atoms with Crippen molar-refractivity contribution in [2.45, 2.75) is 39.2 Å². The van der Waals surface area contributed by atoms with E-state index in [2.05, 4.69) is 24.5 Å². The first-order valence-electron chi connectivity index (χ1n) is 7.26. The Morgan fingerprint density at radius 1 is 1.43 bits per heavy atom. The molecule has 2 amide bonds. The van der Waals surface area contributed by atoms with Gasteiger partial charge in [-0.2, -0.15) is 0 Å². The van der Waals surface area contributed by atoms with Crippen LogP contribution >= 0.6 is 11.3 Å². The number of carboxylic acid groups (broad SMARTS) is 1. The van der Waals surface area contributed by atoms with Gasteiger partial charge in [-0.1, -0.05) is 26.3 Å². The third-order valence-corrected chi connectivity index (χ3v) is 5.11. The van der Waals surface area contributed by atoms with Gasteiger partial charge in [-0.25, -0.2) is 4.79 Å². The highest BCUT2D eigenvalue weighted by molar-refractivity contribution is 7.10. The van der Waals surface area contributed by atoms with Crippen LogP contribution in [0.15, 0.2) is 17.5 Å². The van der Waals surface area contributed by atoms with Crippen molar-refractivity contribution in [3.8, 4) is 0 Å². The van der Waals surface area contributed by atoms with Gasteiger partial charge < -0.3 is 15.7 Å². The highest BCUT2D eigenvalue weighted by Gasteiger charge is 2.44. The van der Waals surface area contributed by atoms with Crippen molar-refractivity contribution in [1.82, 2.24) is 10.6 Å². The first-order chi connectivity index (χ1) is 9.94. The van der Waals surface area contributed by atoms with Crippen LogP contribution in [0, 0.1) is 11.3 Å². The molecule has 0 spiro atoms. The van der Waals surface area contributed by atoms with Crippen molar-refractivity contribution in [2.24, 2.45) is 11.3 Å². The Labute approximate surface area is 128 Å². The molecule has 0 radical (unpaired) electrons. The fourth-order valence-corrected chi connectivity index (χ4v) is 3.50. The van der Waals surface area contributed by atoms with Gasteiger partial charge in [0.1, 0.15) is 0 Å². The number of aliphatic carboxylic acids is 1. The Kier molecular flexibility index (Phi) is 4.88. The van der Waals surface area contributed by atoms with Crippen molar-refractivity contribution < 1.29 is 14.7 Å². The average Bonchev–Trinajstić information content (AvgIpc) is 2.87. The van der Waals surface area contributed by atoms with Gasteiger partial charge in [0.15, 0.2) is 0 Å². The zero-order valence-electron chi connectivity index (χ0n) is 12.4. The minimum atomic E-state index is -0.812. The zero-order chi connectivity index (χ0) is 15.5. The Hall–Kier alpha value is -1.56. The maximum Gasteiger partial charge on any atom is 0.315 e. The van der Waals surface area contributed by atoms with Gasteiger partial charge >= 0.3 is 12.0 Å². The summed E-state index contributed by atoms with van der Waals surface area (Å²) in [4.78, 5) is 24.4. The zero-order valence-corrected chi connectivity index (χ0v) is 13.2. The first kappa shape index (κ1) is 15.8. The van der Waals surface area contributed by atoms with E-state index in [1.807, 2.05) is 17.5 Å². The van der Waals surface area contributed by atoms with Crippen molar-refractivity contribution >= 4 is 23.3 Å². The van der Waals surface area contributed by atoms with E-state index >= 15 is 0 Å². The van der Waals surface area contributed by atoms with E-state index in [4.69, 9.17) is 0 Å². The van der Waals surface area contributed by atoms with Crippen molar-refractivity contribution in [3.63, 3.8) is 0 Å². The average molecular weight is 310 g/mol. The molecule has 1 unspecified atom stereocenters. The van der Waals surface area contributed by atoms with Gasteiger partial charge in [0, 0.05) is 11.4 Å². The van der Waals surface area contributed by atoms with E-state index in [1.54, 1.807) is 11.3 Å². The minimum Gasteiger partial charge on any atom is -0.481 e. The van der Waals surface area contributed by atoms with Gasteiger partial charge in [-0.15, -0.1) is 11.3 Å². The molecular formula is C15H22N2O3S. The summed E-state index contributed by atoms with van der Waals surface area (Å²) < 4.78 is 0. The molecular weight excluding hydrogens is 288 g/mol. The number of rotatable bonds is 6. The highest BCUT2D eigenvalue weighted by Crippen LogP contribution is 2.40. The van der Waals surface area contributed by atoms with Gasteiger partial charge in [-0.3, -0.25) is 4.79 Å². The molecule has 1 heterocycles. The molecule has 1 aliphatic rings. The standard InChI is InChI=1S/C15H22N2O3S/c1-10(2)12(11-5-3-8-21-11)17-14(20)16-9-15(13(18)19)6-4-7-15/h3,5,8,10,12H,4,6-7,9H2,1-2H3,(H,18,19)(H2,16,17,20). The summed E-state index contributed by atoms with van der Waals surface area (Å²) in [6, 6.07) is 3.62. The molecule has 21 heavy (non-hydrogen) atoms. The molecule has 1 saturated carbocycles. The van der Waals surface area contributed by atoms with Crippen LogP contribution < -0.4 is 10.6 Å². The molecule has 0 aliphatic heterocycles. The molecule has 0 bridgehead atoms. The number of hydrogen-bond acceptors (Lipinski definition) is 3. The summed E-state index contributed by atoms with van der Waals surface area (Å²) in [5, 5.41) is 16.9. The summed E-state index contributed by atoms with van der Waals surface area (Å²) in [7, 11) is 0. The van der Waals surface area contributed by atoms with E-state index in [0.717, 1.165) is 11.3 Å². The van der Waals surface area contributed by atoms with Crippen molar-refractivity contribution in [2.75, 3.05) is 6.54 Å². The Bertz CT molecular complexity index is 495. The van der Waals surface area contributed by atoms with Crippen LogP contribution in [0.25, 0.3) is 0 Å². The molecule has 0 aromatic carbocycles. The molecule has 1 fully saturated rings. The number of carbonyl (C=O) groups is 2. The number of carbonyl (C=O) groups excluding carboxylic acids is 1. The van der Waals surface area contributed by atoms with Gasteiger partial charge in [-0.05, 0) is 30.2 Å². The fourth-order valence-electron chi connectivity index (χ4n) is 2.55. The van der Waals surface area contributed by atoms with E-state index < -0.39 is 11.4 Å². The Balaban J connectivity index is 1.90. The smallest absolute Gasteiger partial charge is 0.315 e. The summed E-state index contributed by atoms with van der Waals surface area (Å²) in [6.45, 7) is 4.30. The largest absolute Gasteiger partial charge is 0.481 e. The van der Waals surface area contributed by atoms with Crippen LogP contribution in [0.3, 0.4) is 0 Å². The van der Waals surface area contributed by atoms with E-state index in [0.29, 0.717) is 12.8 Å². The highest BCUT2D eigenvalue weighted by atomic mass is 32.1. The summed E-state index contributed by atoms with van der Waals surface area (Å²) in [6.07, 6.45) is 2.20. The topological polar surface area (TPSA) is 78.4 Å². The molecule has 116 valence electrons. The third-order valence-electron chi connectivity index (χ3n) is 4.15. The summed E-state index contributed by atoms with van der Waals surface area (Å²) in [5.74, 6) is -0.542. The first-order valence-corrected chi connectivity index (χ1v) is 8.14. The predicted molar refractivity (Wildman–Crippen MR) is 82.4 cm³/mol. The van der Waals surface area contributed by atoms with Crippen LogP contribution in [-0.4, -0.2) is 23.7 Å². The maximum atomic E-state index is 12.1. The number of carboxylic acids is 1. The molecule has 6 heteroatoms. The van der Waals surface area contributed by atoms with Crippen molar-refractivity contribution in [3.05, 3.63) is 22.4 Å². The minimum absolute atomic E-state index is 0.0489. The molecule has 0 saturated heterocycles. The van der Waals surface area contributed by atoms with Crippen LogP contribution in [0.5, 0.6) is 0 Å². The second kappa shape index (κ2) is 6.47. The third kappa shape index (κ3) is 3.56. The summed E-state index contributed by atoms with van der Waals surface area (Å²) in [5.41, 5.74) is -0.756. The molecule has 3 N–H and O–H groups in total. The lowest BCUT2D eigenvalue weighted by Crippen LogP contribution is -2.50. The molecule has 1 aromatic heterocycles.